The Balaban J connectivity index is 1.11. The van der Waals surface area contributed by atoms with Gasteiger partial charge in [0.1, 0.15) is 17.2 Å². The smallest absolute Gasteiger partial charge is 0.343 e. The number of hydrogen-bond acceptors (Lipinski definition) is 14. The highest BCUT2D eigenvalue weighted by Gasteiger charge is 2.14. The quantitative estimate of drug-likeness (QED) is 0.0101. The van der Waals surface area contributed by atoms with Crippen LogP contribution in [0.2, 0.25) is 0 Å². The zero-order chi connectivity index (χ0) is 43.8. The number of carbonyl (C=O) groups excluding carboxylic acids is 4. The molecule has 0 saturated heterocycles. The number of hydrogen-bond donors (Lipinski definition) is 1. The maximum Gasteiger partial charge on any atom is 0.343 e. The van der Waals surface area contributed by atoms with E-state index in [0.717, 1.165) is 79.3 Å². The number of carbonyl (C=O) groups is 4. The molecule has 0 saturated carbocycles. The molecule has 14 heteroatoms. The number of unbranched alkanes of at least 4 members (excludes halogenated alkanes) is 6. The van der Waals surface area contributed by atoms with E-state index in [0.29, 0.717) is 71.9 Å². The van der Waals surface area contributed by atoms with E-state index in [4.69, 9.17) is 28.4 Å². The first kappa shape index (κ1) is 46.3. The third kappa shape index (κ3) is 16.0. The zero-order valence-corrected chi connectivity index (χ0v) is 35.4. The lowest BCUT2D eigenvalue weighted by molar-refractivity contribution is -0.138. The van der Waals surface area contributed by atoms with Crippen LogP contribution in [0, 0.1) is 0 Å². The van der Waals surface area contributed by atoms with Gasteiger partial charge in [0, 0.05) is 24.1 Å². The second kappa shape index (κ2) is 25.7. The maximum absolute atomic E-state index is 13.3. The van der Waals surface area contributed by atoms with Gasteiger partial charge in [0.05, 0.1) is 60.6 Å². The van der Waals surface area contributed by atoms with Crippen molar-refractivity contribution in [2.75, 3.05) is 38.5 Å². The second-order valence-electron chi connectivity index (χ2n) is 13.8. The number of esters is 4. The lowest BCUT2D eigenvalue weighted by atomic mass is 10.1. The summed E-state index contributed by atoms with van der Waals surface area (Å²) in [5.41, 5.74) is 5.93. The summed E-state index contributed by atoms with van der Waals surface area (Å²) in [6.45, 7) is 8.68. The van der Waals surface area contributed by atoms with E-state index in [1.165, 1.54) is 11.3 Å². The maximum atomic E-state index is 13.3. The summed E-state index contributed by atoms with van der Waals surface area (Å²) in [6, 6.07) is 26.7. The van der Waals surface area contributed by atoms with Crippen molar-refractivity contribution in [3.05, 3.63) is 139 Å². The number of aromatic nitrogens is 1. The summed E-state index contributed by atoms with van der Waals surface area (Å²) in [6.07, 6.45) is 11.2. The van der Waals surface area contributed by atoms with Crippen molar-refractivity contribution in [2.45, 2.75) is 57.8 Å². The van der Waals surface area contributed by atoms with E-state index < -0.39 is 23.9 Å². The Labute approximate surface area is 365 Å². The van der Waals surface area contributed by atoms with Crippen LogP contribution in [0.15, 0.2) is 121 Å². The number of nitrogens with one attached hydrogen (secondary N) is 1. The summed E-state index contributed by atoms with van der Waals surface area (Å²) in [5.74, 6) is -0.258. The molecule has 0 radical (unpaired) electrons. The summed E-state index contributed by atoms with van der Waals surface area (Å²) < 4.78 is 34.1. The Hall–Kier alpha value is -6.80. The van der Waals surface area contributed by atoms with Crippen LogP contribution in [0.3, 0.4) is 0 Å². The predicted octanol–water partition coefficient (Wildman–Crippen LogP) is 9.70. The molecule has 13 nitrogen and oxygen atoms in total. The van der Waals surface area contributed by atoms with Crippen molar-refractivity contribution in [3.8, 4) is 17.2 Å². The van der Waals surface area contributed by atoms with E-state index in [1.54, 1.807) is 60.8 Å². The first-order valence-electron chi connectivity index (χ1n) is 20.5. The summed E-state index contributed by atoms with van der Waals surface area (Å²) in [4.78, 5) is 52.9. The van der Waals surface area contributed by atoms with E-state index in [2.05, 4.69) is 28.7 Å². The molecule has 0 bridgehead atoms. The number of nitrogens with zero attached hydrogens (tertiary/aromatic N) is 2. The molecule has 4 aromatic carbocycles. The van der Waals surface area contributed by atoms with Gasteiger partial charge < -0.3 is 28.4 Å². The number of fused-ring (bicyclic) bond motifs is 1. The molecule has 1 N–H and O–H groups in total. The molecule has 0 amide bonds. The normalized spacial score (nSPS) is 10.8. The fourth-order valence-electron chi connectivity index (χ4n) is 5.86. The SMILES string of the molecule is C=CC(=O)OCCCCCCOc1ccc(C(=O)OCCc2ccc(OC(=O)c3ccc(OCCCCCCOC(=O)C=C)cc3)c(/C=N/Nc3nc4ccccc4s3)c2)cc1. The second-order valence-corrected chi connectivity index (χ2v) is 14.9. The molecular weight excluding hydrogens is 811 g/mol. The molecule has 0 aliphatic rings. The van der Waals surface area contributed by atoms with Crippen LogP contribution >= 0.6 is 11.3 Å². The number of rotatable bonds is 27. The Bertz CT molecular complexity index is 2240. The molecule has 0 spiro atoms. The van der Waals surface area contributed by atoms with Crippen LogP contribution in [0.5, 0.6) is 17.2 Å². The third-order valence-electron chi connectivity index (χ3n) is 9.18. The van der Waals surface area contributed by atoms with E-state index in [1.807, 2.05) is 36.4 Å². The fraction of sp³-hybridized carbons (Fsp3) is 0.292. The molecular formula is C48H51N3O10S. The van der Waals surface area contributed by atoms with Crippen molar-refractivity contribution in [2.24, 2.45) is 5.10 Å². The van der Waals surface area contributed by atoms with E-state index in [9.17, 15) is 19.2 Å². The van der Waals surface area contributed by atoms with Crippen LogP contribution in [-0.4, -0.2) is 68.1 Å². The van der Waals surface area contributed by atoms with Gasteiger partial charge >= 0.3 is 23.9 Å². The van der Waals surface area contributed by atoms with Crippen LogP contribution < -0.4 is 19.6 Å². The minimum atomic E-state index is -0.554. The number of hydrazone groups is 1. The van der Waals surface area contributed by atoms with Crippen molar-refractivity contribution in [1.29, 1.82) is 0 Å². The highest BCUT2D eigenvalue weighted by Crippen LogP contribution is 2.26. The van der Waals surface area contributed by atoms with Gasteiger partial charge in [-0.2, -0.15) is 5.10 Å². The van der Waals surface area contributed by atoms with Gasteiger partial charge in [0.25, 0.3) is 0 Å². The predicted molar refractivity (Wildman–Crippen MR) is 239 cm³/mol. The number of para-hydroxylation sites is 1. The minimum absolute atomic E-state index is 0.116. The Kier molecular flexibility index (Phi) is 19.2. The molecule has 0 fully saturated rings. The topological polar surface area (TPSA) is 161 Å². The molecule has 0 unspecified atom stereocenters. The van der Waals surface area contributed by atoms with Crippen molar-refractivity contribution >= 4 is 56.8 Å². The van der Waals surface area contributed by atoms with E-state index in [-0.39, 0.29) is 6.61 Å². The molecule has 1 heterocycles. The van der Waals surface area contributed by atoms with Crippen LogP contribution in [0.25, 0.3) is 10.2 Å². The Morgan fingerprint density at radius 3 is 1.77 bits per heavy atom. The first-order valence-corrected chi connectivity index (χ1v) is 21.3. The monoisotopic (exact) mass is 861 g/mol. The Morgan fingerprint density at radius 1 is 0.629 bits per heavy atom. The van der Waals surface area contributed by atoms with E-state index >= 15 is 0 Å². The van der Waals surface area contributed by atoms with Gasteiger partial charge in [-0.3, -0.25) is 5.43 Å². The lowest BCUT2D eigenvalue weighted by Crippen LogP contribution is -2.11. The summed E-state index contributed by atoms with van der Waals surface area (Å²) >= 11 is 1.46. The average Bonchev–Trinajstić information content (AvgIpc) is 3.72. The van der Waals surface area contributed by atoms with Crippen LogP contribution in [-0.2, 0) is 30.2 Å². The molecule has 0 aliphatic heterocycles. The average molecular weight is 862 g/mol. The largest absolute Gasteiger partial charge is 0.494 e. The highest BCUT2D eigenvalue weighted by molar-refractivity contribution is 7.22. The van der Waals surface area contributed by atoms with Gasteiger partial charge in [-0.1, -0.05) is 42.7 Å². The molecule has 62 heavy (non-hydrogen) atoms. The van der Waals surface area contributed by atoms with Gasteiger partial charge in [-0.15, -0.1) is 0 Å². The number of anilines is 1. The van der Waals surface area contributed by atoms with Gasteiger partial charge in [0.15, 0.2) is 0 Å². The van der Waals surface area contributed by atoms with Crippen molar-refractivity contribution < 1.29 is 47.6 Å². The van der Waals surface area contributed by atoms with Gasteiger partial charge in [-0.25, -0.2) is 24.2 Å². The Morgan fingerprint density at radius 2 is 1.19 bits per heavy atom. The van der Waals surface area contributed by atoms with Crippen molar-refractivity contribution in [3.63, 3.8) is 0 Å². The number of benzene rings is 4. The van der Waals surface area contributed by atoms with Crippen LogP contribution in [0.1, 0.15) is 83.2 Å². The molecule has 324 valence electrons. The molecule has 5 rings (SSSR count). The first-order chi connectivity index (χ1) is 30.3. The van der Waals surface area contributed by atoms with Gasteiger partial charge in [-0.05, 0) is 130 Å². The summed E-state index contributed by atoms with van der Waals surface area (Å²) in [5, 5.41) is 5.00. The minimum Gasteiger partial charge on any atom is -0.494 e. The summed E-state index contributed by atoms with van der Waals surface area (Å²) in [7, 11) is 0. The van der Waals surface area contributed by atoms with Crippen LogP contribution in [0.4, 0.5) is 5.13 Å². The standard InChI is InChI=1S/C48H51N3O10S/c1-3-44(52)58-30-13-7-5-11-28-56-39-22-18-36(19-23-39)46(54)60-32-27-35-17-26-42(38(33-35)34-49-51-48-50-41-15-9-10-16-43(41)62-48)61-47(55)37-20-24-40(25-21-37)57-29-12-6-8-14-31-59-45(53)4-2/h3-4,9-10,15-26,33-34H,1-2,5-8,11-14,27-32H2,(H,50,51)/b49-34+. The molecule has 0 atom stereocenters. The van der Waals surface area contributed by atoms with Crippen molar-refractivity contribution in [1.82, 2.24) is 4.98 Å². The fourth-order valence-corrected chi connectivity index (χ4v) is 6.68. The zero-order valence-electron chi connectivity index (χ0n) is 34.6. The third-order valence-corrected chi connectivity index (χ3v) is 10.1. The lowest BCUT2D eigenvalue weighted by Gasteiger charge is -2.11. The van der Waals surface area contributed by atoms with Gasteiger partial charge in [0.2, 0.25) is 5.13 Å². The molecule has 5 aromatic rings. The number of thiazole rings is 1. The number of ether oxygens (including phenoxy) is 6. The molecule has 0 aliphatic carbocycles. The highest BCUT2D eigenvalue weighted by atomic mass is 32.1. The molecule has 1 aromatic heterocycles.